The summed E-state index contributed by atoms with van der Waals surface area (Å²) in [6, 6.07) is 3.97. The molecule has 0 radical (unpaired) electrons. The van der Waals surface area contributed by atoms with E-state index in [2.05, 4.69) is 5.32 Å². The number of nitrogens with one attached hydrogen (secondary N) is 1. The lowest BCUT2D eigenvalue weighted by molar-refractivity contribution is 0.0271. The van der Waals surface area contributed by atoms with Crippen molar-refractivity contribution in [2.45, 2.75) is 57.6 Å². The Kier molecular flexibility index (Phi) is 6.46. The molecular weight excluding hydrogens is 269 g/mol. The summed E-state index contributed by atoms with van der Waals surface area (Å²) in [5.41, 5.74) is 0.600. The molecular formula is C17H26FNO2. The van der Waals surface area contributed by atoms with Crippen molar-refractivity contribution in [3.8, 4) is 5.75 Å². The molecule has 4 heteroatoms. The highest BCUT2D eigenvalue weighted by atomic mass is 19.1. The normalized spacial score (nSPS) is 17.8. The summed E-state index contributed by atoms with van der Waals surface area (Å²) >= 11 is 0. The lowest BCUT2D eigenvalue weighted by atomic mass is 9.98. The van der Waals surface area contributed by atoms with Crippen molar-refractivity contribution in [3.05, 3.63) is 29.6 Å². The molecule has 1 saturated carbocycles. The van der Waals surface area contributed by atoms with Crippen molar-refractivity contribution >= 4 is 0 Å². The summed E-state index contributed by atoms with van der Waals surface area (Å²) in [6.07, 6.45) is 7.69. The second-order valence-corrected chi connectivity index (χ2v) is 5.86. The first-order valence-electron chi connectivity index (χ1n) is 8.00. The number of phenolic OH excluding ortho intramolecular Hbond substituents is 1. The molecule has 1 unspecified atom stereocenters. The topological polar surface area (TPSA) is 41.5 Å². The van der Waals surface area contributed by atoms with Crippen LogP contribution in [0.5, 0.6) is 5.75 Å². The molecule has 1 aliphatic rings. The first kappa shape index (κ1) is 16.2. The number of benzene rings is 1. The zero-order valence-corrected chi connectivity index (χ0v) is 12.8. The largest absolute Gasteiger partial charge is 0.508 e. The highest BCUT2D eigenvalue weighted by Gasteiger charge is 2.13. The fourth-order valence-electron chi connectivity index (χ4n) is 2.85. The van der Waals surface area contributed by atoms with Gasteiger partial charge < -0.3 is 15.2 Å². The first-order valence-corrected chi connectivity index (χ1v) is 8.00. The van der Waals surface area contributed by atoms with Crippen molar-refractivity contribution in [1.29, 1.82) is 0 Å². The molecule has 0 aliphatic heterocycles. The average molecular weight is 295 g/mol. The molecule has 21 heavy (non-hydrogen) atoms. The number of ether oxygens (including phenoxy) is 1. The predicted molar refractivity (Wildman–Crippen MR) is 81.9 cm³/mol. The molecule has 2 rings (SSSR count). The first-order chi connectivity index (χ1) is 10.2. The van der Waals surface area contributed by atoms with Gasteiger partial charge in [-0.05, 0) is 50.9 Å². The number of halogens is 1. The zero-order chi connectivity index (χ0) is 15.1. The number of phenols is 1. The zero-order valence-electron chi connectivity index (χ0n) is 12.8. The van der Waals surface area contributed by atoms with Gasteiger partial charge in [0.05, 0.1) is 6.10 Å². The minimum absolute atomic E-state index is 0.0737. The standard InChI is InChI=1S/C17H26FNO2/c1-13(16-12-14(18)8-9-17(16)20)19-10-5-11-21-15-6-3-2-4-7-15/h8-9,12-13,15,19-20H,2-7,10-11H2,1H3. The van der Waals surface area contributed by atoms with Gasteiger partial charge in [0, 0.05) is 18.2 Å². The summed E-state index contributed by atoms with van der Waals surface area (Å²) in [4.78, 5) is 0. The predicted octanol–water partition coefficient (Wildman–Crippen LogP) is 3.92. The van der Waals surface area contributed by atoms with Crippen LogP contribution < -0.4 is 5.32 Å². The monoisotopic (exact) mass is 295 g/mol. The number of hydrogen-bond donors (Lipinski definition) is 2. The van der Waals surface area contributed by atoms with E-state index >= 15 is 0 Å². The van der Waals surface area contributed by atoms with Gasteiger partial charge >= 0.3 is 0 Å². The third kappa shape index (κ3) is 5.29. The molecule has 1 fully saturated rings. The van der Waals surface area contributed by atoms with Gasteiger partial charge in [-0.3, -0.25) is 0 Å². The van der Waals surface area contributed by atoms with Crippen molar-refractivity contribution in [3.63, 3.8) is 0 Å². The van der Waals surface area contributed by atoms with E-state index in [1.165, 1.54) is 50.3 Å². The lowest BCUT2D eigenvalue weighted by Crippen LogP contribution is -2.23. The molecule has 1 aliphatic carbocycles. The Morgan fingerprint density at radius 3 is 2.86 bits per heavy atom. The molecule has 0 heterocycles. The maximum absolute atomic E-state index is 13.2. The minimum Gasteiger partial charge on any atom is -0.508 e. The van der Waals surface area contributed by atoms with Crippen LogP contribution >= 0.6 is 0 Å². The second-order valence-electron chi connectivity index (χ2n) is 5.86. The highest BCUT2D eigenvalue weighted by Crippen LogP contribution is 2.24. The second kappa shape index (κ2) is 8.35. The van der Waals surface area contributed by atoms with E-state index in [0.29, 0.717) is 11.7 Å². The Morgan fingerprint density at radius 2 is 2.10 bits per heavy atom. The maximum Gasteiger partial charge on any atom is 0.123 e. The third-order valence-corrected chi connectivity index (χ3v) is 4.13. The van der Waals surface area contributed by atoms with Crippen molar-refractivity contribution in [2.24, 2.45) is 0 Å². The lowest BCUT2D eigenvalue weighted by Gasteiger charge is -2.22. The van der Waals surface area contributed by atoms with Crippen LogP contribution in [-0.4, -0.2) is 24.4 Å². The smallest absolute Gasteiger partial charge is 0.123 e. The fourth-order valence-corrected chi connectivity index (χ4v) is 2.85. The van der Waals surface area contributed by atoms with E-state index in [1.807, 2.05) is 6.92 Å². The summed E-state index contributed by atoms with van der Waals surface area (Å²) in [5.74, 6) is -0.188. The van der Waals surface area contributed by atoms with Crippen LogP contribution in [-0.2, 0) is 4.74 Å². The molecule has 118 valence electrons. The molecule has 0 aromatic heterocycles. The van der Waals surface area contributed by atoms with E-state index in [1.54, 1.807) is 0 Å². The van der Waals surface area contributed by atoms with Gasteiger partial charge in [0.2, 0.25) is 0 Å². The van der Waals surface area contributed by atoms with Gasteiger partial charge in [-0.1, -0.05) is 19.3 Å². The Morgan fingerprint density at radius 1 is 1.33 bits per heavy atom. The Labute approximate surface area is 126 Å². The number of hydrogen-bond acceptors (Lipinski definition) is 3. The summed E-state index contributed by atoms with van der Waals surface area (Å²) in [7, 11) is 0. The number of aromatic hydroxyl groups is 1. The maximum atomic E-state index is 13.2. The van der Waals surface area contributed by atoms with Crippen molar-refractivity contribution < 1.29 is 14.2 Å². The van der Waals surface area contributed by atoms with E-state index in [4.69, 9.17) is 4.74 Å². The molecule has 0 spiro atoms. The molecule has 1 atom stereocenters. The van der Waals surface area contributed by atoms with Crippen LogP contribution in [0.25, 0.3) is 0 Å². The van der Waals surface area contributed by atoms with Crippen molar-refractivity contribution in [1.82, 2.24) is 5.32 Å². The van der Waals surface area contributed by atoms with E-state index in [-0.39, 0.29) is 17.6 Å². The van der Waals surface area contributed by atoms with E-state index in [0.717, 1.165) is 19.6 Å². The Bertz CT molecular complexity index is 433. The van der Waals surface area contributed by atoms with Crippen LogP contribution in [0.15, 0.2) is 18.2 Å². The summed E-state index contributed by atoms with van der Waals surface area (Å²) in [5, 5.41) is 13.0. The van der Waals surface area contributed by atoms with Gasteiger partial charge in [-0.2, -0.15) is 0 Å². The molecule has 2 N–H and O–H groups in total. The average Bonchev–Trinajstić information content (AvgIpc) is 2.50. The van der Waals surface area contributed by atoms with Crippen LogP contribution in [0.3, 0.4) is 0 Å². The molecule has 1 aromatic rings. The van der Waals surface area contributed by atoms with E-state index in [9.17, 15) is 9.50 Å². The van der Waals surface area contributed by atoms with Gasteiger partial charge in [0.15, 0.2) is 0 Å². The number of rotatable bonds is 7. The fraction of sp³-hybridized carbons (Fsp3) is 0.647. The summed E-state index contributed by atoms with van der Waals surface area (Å²) in [6.45, 7) is 3.49. The molecule has 1 aromatic carbocycles. The highest BCUT2D eigenvalue weighted by molar-refractivity contribution is 5.34. The minimum atomic E-state index is -0.322. The van der Waals surface area contributed by atoms with Gasteiger partial charge in [-0.25, -0.2) is 4.39 Å². The van der Waals surface area contributed by atoms with Crippen LogP contribution in [0.1, 0.15) is 57.1 Å². The molecule has 0 bridgehead atoms. The van der Waals surface area contributed by atoms with Gasteiger partial charge in [-0.15, -0.1) is 0 Å². The van der Waals surface area contributed by atoms with Crippen molar-refractivity contribution in [2.75, 3.05) is 13.2 Å². The van der Waals surface area contributed by atoms with E-state index < -0.39 is 0 Å². The Hall–Kier alpha value is -1.13. The van der Waals surface area contributed by atoms with Gasteiger partial charge in [0.25, 0.3) is 0 Å². The summed E-state index contributed by atoms with van der Waals surface area (Å²) < 4.78 is 19.1. The molecule has 0 amide bonds. The Balaban J connectivity index is 1.64. The third-order valence-electron chi connectivity index (χ3n) is 4.13. The molecule has 3 nitrogen and oxygen atoms in total. The van der Waals surface area contributed by atoms with Crippen LogP contribution in [0.4, 0.5) is 4.39 Å². The van der Waals surface area contributed by atoms with Crippen LogP contribution in [0.2, 0.25) is 0 Å². The van der Waals surface area contributed by atoms with Gasteiger partial charge in [0.1, 0.15) is 11.6 Å². The van der Waals surface area contributed by atoms with Crippen LogP contribution in [0, 0.1) is 5.82 Å². The SMILES string of the molecule is CC(NCCCOC1CCCCC1)c1cc(F)ccc1O. The quantitative estimate of drug-likeness (QED) is 0.749. The molecule has 0 saturated heterocycles.